The quantitative estimate of drug-likeness (QED) is 0.908. The van der Waals surface area contributed by atoms with Gasteiger partial charge in [0.25, 0.3) is 0 Å². The minimum atomic E-state index is -0.742. The van der Waals surface area contributed by atoms with Crippen molar-refractivity contribution in [3.63, 3.8) is 0 Å². The summed E-state index contributed by atoms with van der Waals surface area (Å²) in [5.74, 6) is -1.11. The standard InChI is InChI=1S/C18H19NO3/c20-17(13-5-7-14(8-6-13)18(21)22)19-16-10-9-12-3-1-2-4-15(12)11-16/h1-4,9-11,13-14H,5-8H2,(H,19,20)(H,21,22). The summed E-state index contributed by atoms with van der Waals surface area (Å²) in [7, 11) is 0. The molecule has 0 aromatic heterocycles. The predicted octanol–water partition coefficient (Wildman–Crippen LogP) is 3.67. The Morgan fingerprint density at radius 3 is 2.23 bits per heavy atom. The van der Waals surface area contributed by atoms with Crippen molar-refractivity contribution in [3.05, 3.63) is 42.5 Å². The average molecular weight is 297 g/mol. The predicted molar refractivity (Wildman–Crippen MR) is 85.7 cm³/mol. The highest BCUT2D eigenvalue weighted by Crippen LogP contribution is 2.30. The molecule has 0 bridgehead atoms. The van der Waals surface area contributed by atoms with E-state index in [1.54, 1.807) is 0 Å². The maximum Gasteiger partial charge on any atom is 0.306 e. The van der Waals surface area contributed by atoms with Gasteiger partial charge in [-0.1, -0.05) is 30.3 Å². The van der Waals surface area contributed by atoms with Crippen LogP contribution in [-0.2, 0) is 9.59 Å². The van der Waals surface area contributed by atoms with Gasteiger partial charge in [0.2, 0.25) is 5.91 Å². The number of hydrogen-bond donors (Lipinski definition) is 2. The molecule has 1 amide bonds. The molecule has 3 rings (SSSR count). The number of amides is 1. The normalized spacial score (nSPS) is 21.5. The van der Waals surface area contributed by atoms with Crippen LogP contribution in [-0.4, -0.2) is 17.0 Å². The van der Waals surface area contributed by atoms with Crippen LogP contribution in [0.2, 0.25) is 0 Å². The molecule has 2 N–H and O–H groups in total. The molecule has 1 aliphatic carbocycles. The number of fused-ring (bicyclic) bond motifs is 1. The van der Waals surface area contributed by atoms with Gasteiger partial charge in [-0.25, -0.2) is 0 Å². The van der Waals surface area contributed by atoms with Crippen LogP contribution in [0.5, 0.6) is 0 Å². The van der Waals surface area contributed by atoms with Gasteiger partial charge in [0, 0.05) is 11.6 Å². The highest BCUT2D eigenvalue weighted by Gasteiger charge is 2.29. The summed E-state index contributed by atoms with van der Waals surface area (Å²) in [4.78, 5) is 23.3. The SMILES string of the molecule is O=C(O)C1CCC(C(=O)Nc2ccc3ccccc3c2)CC1. The number of nitrogens with one attached hydrogen (secondary N) is 1. The van der Waals surface area contributed by atoms with Crippen molar-refractivity contribution in [2.45, 2.75) is 25.7 Å². The van der Waals surface area contributed by atoms with Gasteiger partial charge >= 0.3 is 5.97 Å². The van der Waals surface area contributed by atoms with Gasteiger partial charge in [-0.05, 0) is 48.6 Å². The molecule has 0 radical (unpaired) electrons. The molecule has 114 valence electrons. The first-order valence-corrected chi connectivity index (χ1v) is 7.66. The summed E-state index contributed by atoms with van der Waals surface area (Å²) in [5.41, 5.74) is 0.795. The number of anilines is 1. The molecule has 1 saturated carbocycles. The van der Waals surface area contributed by atoms with Crippen molar-refractivity contribution in [1.29, 1.82) is 0 Å². The van der Waals surface area contributed by atoms with E-state index in [-0.39, 0.29) is 17.7 Å². The van der Waals surface area contributed by atoms with E-state index in [0.717, 1.165) is 16.5 Å². The molecule has 0 heterocycles. The fraction of sp³-hybridized carbons (Fsp3) is 0.333. The molecule has 0 saturated heterocycles. The van der Waals surface area contributed by atoms with Crippen molar-refractivity contribution in [1.82, 2.24) is 0 Å². The lowest BCUT2D eigenvalue weighted by molar-refractivity contribution is -0.143. The second-order valence-electron chi connectivity index (χ2n) is 5.94. The second-order valence-corrected chi connectivity index (χ2v) is 5.94. The Hall–Kier alpha value is -2.36. The van der Waals surface area contributed by atoms with Gasteiger partial charge in [0.05, 0.1) is 5.92 Å². The number of hydrogen-bond acceptors (Lipinski definition) is 2. The Morgan fingerprint density at radius 1 is 0.909 bits per heavy atom. The monoisotopic (exact) mass is 297 g/mol. The molecule has 0 spiro atoms. The van der Waals surface area contributed by atoms with Gasteiger partial charge in [0.15, 0.2) is 0 Å². The lowest BCUT2D eigenvalue weighted by Crippen LogP contribution is -2.29. The molecule has 22 heavy (non-hydrogen) atoms. The fourth-order valence-corrected chi connectivity index (χ4v) is 3.11. The first-order chi connectivity index (χ1) is 10.6. The third-order valence-electron chi connectivity index (χ3n) is 4.46. The number of carbonyl (C=O) groups excluding carboxylic acids is 1. The number of carbonyl (C=O) groups is 2. The van der Waals surface area contributed by atoms with Crippen molar-refractivity contribution in [2.75, 3.05) is 5.32 Å². The summed E-state index contributed by atoms with van der Waals surface area (Å²) < 4.78 is 0. The third-order valence-corrected chi connectivity index (χ3v) is 4.46. The van der Waals surface area contributed by atoms with Crippen LogP contribution in [0.1, 0.15) is 25.7 Å². The van der Waals surface area contributed by atoms with Crippen molar-refractivity contribution in [2.24, 2.45) is 11.8 Å². The van der Waals surface area contributed by atoms with Crippen LogP contribution in [0.15, 0.2) is 42.5 Å². The van der Waals surface area contributed by atoms with E-state index in [4.69, 9.17) is 5.11 Å². The van der Waals surface area contributed by atoms with Crippen LogP contribution in [0, 0.1) is 11.8 Å². The Balaban J connectivity index is 1.65. The summed E-state index contributed by atoms with van der Waals surface area (Å²) in [5, 5.41) is 14.2. The Morgan fingerprint density at radius 2 is 1.55 bits per heavy atom. The van der Waals surface area contributed by atoms with Crippen LogP contribution in [0.4, 0.5) is 5.69 Å². The number of benzene rings is 2. The molecule has 1 aliphatic rings. The lowest BCUT2D eigenvalue weighted by Gasteiger charge is -2.25. The van der Waals surface area contributed by atoms with Crippen LogP contribution in [0.25, 0.3) is 10.8 Å². The molecule has 1 fully saturated rings. The molecule has 0 unspecified atom stereocenters. The maximum absolute atomic E-state index is 12.3. The first kappa shape index (κ1) is 14.6. The molecule has 4 heteroatoms. The smallest absolute Gasteiger partial charge is 0.306 e. The summed E-state index contributed by atoms with van der Waals surface area (Å²) >= 11 is 0. The second kappa shape index (κ2) is 6.18. The van der Waals surface area contributed by atoms with Crippen molar-refractivity contribution in [3.8, 4) is 0 Å². The minimum Gasteiger partial charge on any atom is -0.481 e. The molecular weight excluding hydrogens is 278 g/mol. The summed E-state index contributed by atoms with van der Waals surface area (Å²) in [6.45, 7) is 0. The van der Waals surface area contributed by atoms with Crippen LogP contribution < -0.4 is 5.32 Å². The van der Waals surface area contributed by atoms with E-state index in [2.05, 4.69) is 5.32 Å². The number of carboxylic acids is 1. The van der Waals surface area contributed by atoms with Gasteiger partial charge in [-0.3, -0.25) is 9.59 Å². The van der Waals surface area contributed by atoms with Gasteiger partial charge in [0.1, 0.15) is 0 Å². The molecule has 0 aliphatic heterocycles. The molecular formula is C18H19NO3. The molecule has 2 aromatic rings. The Labute approximate surface area is 129 Å². The minimum absolute atomic E-state index is 0.000815. The van der Waals surface area contributed by atoms with E-state index in [9.17, 15) is 9.59 Å². The molecule has 0 atom stereocenters. The third kappa shape index (κ3) is 3.11. The lowest BCUT2D eigenvalue weighted by atomic mass is 9.81. The van der Waals surface area contributed by atoms with Gasteiger partial charge in [-0.2, -0.15) is 0 Å². The maximum atomic E-state index is 12.3. The van der Waals surface area contributed by atoms with Crippen molar-refractivity contribution < 1.29 is 14.7 Å². The Bertz CT molecular complexity index is 702. The van der Waals surface area contributed by atoms with E-state index >= 15 is 0 Å². The van der Waals surface area contributed by atoms with E-state index in [1.165, 1.54) is 0 Å². The number of rotatable bonds is 3. The zero-order valence-corrected chi connectivity index (χ0v) is 12.3. The number of aliphatic carboxylic acids is 1. The van der Waals surface area contributed by atoms with Crippen LogP contribution in [0.3, 0.4) is 0 Å². The fourth-order valence-electron chi connectivity index (χ4n) is 3.11. The first-order valence-electron chi connectivity index (χ1n) is 7.66. The largest absolute Gasteiger partial charge is 0.481 e. The van der Waals surface area contributed by atoms with Gasteiger partial charge in [-0.15, -0.1) is 0 Å². The summed E-state index contributed by atoms with van der Waals surface area (Å²) in [6.07, 6.45) is 2.48. The Kier molecular flexibility index (Phi) is 4.09. The van der Waals surface area contributed by atoms with Crippen LogP contribution >= 0.6 is 0 Å². The average Bonchev–Trinajstić information content (AvgIpc) is 2.55. The van der Waals surface area contributed by atoms with E-state index < -0.39 is 5.97 Å². The van der Waals surface area contributed by atoms with Crippen molar-refractivity contribution >= 4 is 28.3 Å². The number of carboxylic acid groups (broad SMARTS) is 1. The topological polar surface area (TPSA) is 66.4 Å². The zero-order chi connectivity index (χ0) is 15.5. The van der Waals surface area contributed by atoms with E-state index in [1.807, 2.05) is 42.5 Å². The highest BCUT2D eigenvalue weighted by molar-refractivity contribution is 5.95. The van der Waals surface area contributed by atoms with Gasteiger partial charge < -0.3 is 10.4 Å². The molecule has 4 nitrogen and oxygen atoms in total. The van der Waals surface area contributed by atoms with E-state index in [0.29, 0.717) is 25.7 Å². The highest BCUT2D eigenvalue weighted by atomic mass is 16.4. The molecule has 2 aromatic carbocycles. The summed E-state index contributed by atoms with van der Waals surface area (Å²) in [6, 6.07) is 13.9. The zero-order valence-electron chi connectivity index (χ0n) is 12.3.